The summed E-state index contributed by atoms with van der Waals surface area (Å²) in [4.78, 5) is 0. The Kier molecular flexibility index (Phi) is 4.92. The lowest BCUT2D eigenvalue weighted by Crippen LogP contribution is -2.18. The number of aliphatic hydroxyl groups is 1. The molecule has 0 aliphatic carbocycles. The second-order valence-electron chi connectivity index (χ2n) is 3.50. The number of halogens is 4. The van der Waals surface area contributed by atoms with Gasteiger partial charge < -0.3 is 9.84 Å². The molecule has 0 aromatic heterocycles. The lowest BCUT2D eigenvalue weighted by atomic mass is 10.1. The van der Waals surface area contributed by atoms with Gasteiger partial charge >= 0.3 is 6.36 Å². The van der Waals surface area contributed by atoms with E-state index in [-0.39, 0.29) is 5.75 Å². The Morgan fingerprint density at radius 1 is 1.28 bits per heavy atom. The maximum absolute atomic E-state index is 12.9. The summed E-state index contributed by atoms with van der Waals surface area (Å²) in [5.41, 5.74) is 0.295. The smallest absolute Gasteiger partial charge is 0.491 e. The Balaban J connectivity index is 2.58. The molecule has 1 atom stereocenters. The Bertz CT molecular complexity index is 390. The maximum atomic E-state index is 12.9. The van der Waals surface area contributed by atoms with Gasteiger partial charge in [-0.3, -0.25) is 4.74 Å². The lowest BCUT2D eigenvalue weighted by Gasteiger charge is -2.14. The van der Waals surface area contributed by atoms with E-state index in [0.717, 1.165) is 12.1 Å². The van der Waals surface area contributed by atoms with Crippen LogP contribution in [0.5, 0.6) is 5.75 Å². The molecule has 0 fully saturated rings. The zero-order valence-corrected chi connectivity index (χ0v) is 9.50. The number of benzene rings is 1. The Morgan fingerprint density at radius 2 is 1.94 bits per heavy atom. The number of hydrogen-bond acceptors (Lipinski definition) is 3. The van der Waals surface area contributed by atoms with Crippen molar-refractivity contribution in [3.8, 4) is 5.75 Å². The number of hydrogen-bond donors (Lipinski definition) is 1. The summed E-state index contributed by atoms with van der Waals surface area (Å²) in [5, 5.41) is 9.37. The van der Waals surface area contributed by atoms with Gasteiger partial charge in [-0.05, 0) is 19.1 Å². The van der Waals surface area contributed by atoms with E-state index in [4.69, 9.17) is 4.74 Å². The average molecular weight is 268 g/mol. The summed E-state index contributed by atoms with van der Waals surface area (Å²) < 4.78 is 56.4. The molecule has 1 unspecified atom stereocenters. The van der Waals surface area contributed by atoms with E-state index >= 15 is 0 Å². The van der Waals surface area contributed by atoms with Gasteiger partial charge in [-0.25, -0.2) is 4.39 Å². The van der Waals surface area contributed by atoms with Crippen molar-refractivity contribution in [3.63, 3.8) is 0 Å². The molecular weight excluding hydrogens is 256 g/mol. The molecule has 0 aliphatic rings. The van der Waals surface area contributed by atoms with Crippen LogP contribution in [-0.2, 0) is 4.74 Å². The Morgan fingerprint density at radius 3 is 2.50 bits per heavy atom. The van der Waals surface area contributed by atoms with Crippen LogP contribution in [0.25, 0.3) is 0 Å². The number of ether oxygens (including phenoxy) is 2. The highest BCUT2D eigenvalue weighted by atomic mass is 19.4. The van der Waals surface area contributed by atoms with Gasteiger partial charge in [-0.15, -0.1) is 13.2 Å². The predicted molar refractivity (Wildman–Crippen MR) is 54.5 cm³/mol. The third-order valence-electron chi connectivity index (χ3n) is 2.03. The minimum Gasteiger partial charge on any atom is -0.491 e. The van der Waals surface area contributed by atoms with Gasteiger partial charge in [0.05, 0.1) is 12.7 Å². The summed E-state index contributed by atoms with van der Waals surface area (Å²) >= 11 is 0. The molecule has 1 rings (SSSR count). The van der Waals surface area contributed by atoms with Crippen LogP contribution in [0, 0.1) is 5.82 Å². The van der Waals surface area contributed by atoms with Crippen molar-refractivity contribution in [2.24, 2.45) is 0 Å². The van der Waals surface area contributed by atoms with E-state index in [1.807, 2.05) is 0 Å². The molecule has 18 heavy (non-hydrogen) atoms. The SMILES string of the molecule is CC(O)c1ccc(F)cc1OCCOC(F)(F)F. The molecule has 0 spiro atoms. The third-order valence-corrected chi connectivity index (χ3v) is 2.03. The van der Waals surface area contributed by atoms with Gasteiger partial charge in [-0.2, -0.15) is 0 Å². The largest absolute Gasteiger partial charge is 0.522 e. The Hall–Kier alpha value is -1.34. The molecule has 7 heteroatoms. The first-order valence-electron chi connectivity index (χ1n) is 5.10. The zero-order valence-electron chi connectivity index (χ0n) is 9.50. The summed E-state index contributed by atoms with van der Waals surface area (Å²) in [6.45, 7) is 0.328. The summed E-state index contributed by atoms with van der Waals surface area (Å²) in [5.74, 6) is -0.609. The molecule has 1 N–H and O–H groups in total. The normalized spacial score (nSPS) is 13.4. The summed E-state index contributed by atoms with van der Waals surface area (Å²) in [6.07, 6.45) is -5.64. The van der Waals surface area contributed by atoms with Crippen LogP contribution >= 0.6 is 0 Å². The van der Waals surface area contributed by atoms with Crippen LogP contribution in [0.4, 0.5) is 17.6 Å². The topological polar surface area (TPSA) is 38.7 Å². The van der Waals surface area contributed by atoms with Gasteiger partial charge in [0, 0.05) is 11.6 Å². The first-order chi connectivity index (χ1) is 8.29. The van der Waals surface area contributed by atoms with Crippen molar-refractivity contribution in [2.45, 2.75) is 19.4 Å². The first kappa shape index (κ1) is 14.7. The van der Waals surface area contributed by atoms with E-state index in [0.29, 0.717) is 5.56 Å². The highest BCUT2D eigenvalue weighted by Crippen LogP contribution is 2.26. The van der Waals surface area contributed by atoms with Gasteiger partial charge in [0.15, 0.2) is 0 Å². The fourth-order valence-corrected chi connectivity index (χ4v) is 1.29. The van der Waals surface area contributed by atoms with Gasteiger partial charge in [-0.1, -0.05) is 0 Å². The molecule has 1 aromatic rings. The lowest BCUT2D eigenvalue weighted by molar-refractivity contribution is -0.325. The number of alkyl halides is 3. The molecule has 0 saturated heterocycles. The van der Waals surface area contributed by atoms with E-state index in [1.165, 1.54) is 13.0 Å². The predicted octanol–water partition coefficient (Wildman–Crippen LogP) is 2.79. The first-order valence-corrected chi connectivity index (χ1v) is 5.10. The molecule has 0 aliphatic heterocycles. The highest BCUT2D eigenvalue weighted by Gasteiger charge is 2.28. The molecule has 0 bridgehead atoms. The molecule has 0 amide bonds. The van der Waals surface area contributed by atoms with Crippen molar-refractivity contribution < 1.29 is 32.1 Å². The number of aliphatic hydroxyl groups excluding tert-OH is 1. The van der Waals surface area contributed by atoms with Crippen LogP contribution < -0.4 is 4.74 Å². The second-order valence-corrected chi connectivity index (χ2v) is 3.50. The zero-order chi connectivity index (χ0) is 13.8. The summed E-state index contributed by atoms with van der Waals surface area (Å²) in [7, 11) is 0. The van der Waals surface area contributed by atoms with Crippen molar-refractivity contribution >= 4 is 0 Å². The molecule has 3 nitrogen and oxygen atoms in total. The monoisotopic (exact) mass is 268 g/mol. The average Bonchev–Trinajstić information content (AvgIpc) is 2.22. The van der Waals surface area contributed by atoms with Crippen molar-refractivity contribution in [2.75, 3.05) is 13.2 Å². The third kappa shape index (κ3) is 4.89. The molecular formula is C11H12F4O3. The van der Waals surface area contributed by atoms with E-state index < -0.39 is 31.5 Å². The van der Waals surface area contributed by atoms with E-state index in [9.17, 15) is 22.7 Å². The molecule has 102 valence electrons. The van der Waals surface area contributed by atoms with E-state index in [1.54, 1.807) is 0 Å². The van der Waals surface area contributed by atoms with E-state index in [2.05, 4.69) is 4.74 Å². The minimum atomic E-state index is -4.72. The standard InChI is InChI=1S/C11H12F4O3/c1-7(16)9-3-2-8(12)6-10(9)17-4-5-18-11(13,14)15/h2-3,6-7,16H,4-5H2,1H3. The van der Waals surface area contributed by atoms with Crippen LogP contribution in [0.3, 0.4) is 0 Å². The minimum absolute atomic E-state index is 0.00391. The van der Waals surface area contributed by atoms with Crippen molar-refractivity contribution in [1.29, 1.82) is 0 Å². The fraction of sp³-hybridized carbons (Fsp3) is 0.455. The van der Waals surface area contributed by atoms with Crippen molar-refractivity contribution in [1.82, 2.24) is 0 Å². The van der Waals surface area contributed by atoms with Crippen molar-refractivity contribution in [3.05, 3.63) is 29.6 Å². The van der Waals surface area contributed by atoms with Crippen LogP contribution in [0.15, 0.2) is 18.2 Å². The molecule has 0 radical (unpaired) electrons. The Labute approximate surface area is 101 Å². The second kappa shape index (κ2) is 6.01. The number of rotatable bonds is 5. The molecule has 1 aromatic carbocycles. The quantitative estimate of drug-likeness (QED) is 0.659. The van der Waals surface area contributed by atoms with Gasteiger partial charge in [0.2, 0.25) is 0 Å². The van der Waals surface area contributed by atoms with Crippen LogP contribution in [-0.4, -0.2) is 24.7 Å². The van der Waals surface area contributed by atoms with Crippen LogP contribution in [0.2, 0.25) is 0 Å². The maximum Gasteiger partial charge on any atom is 0.522 e. The molecule has 0 heterocycles. The summed E-state index contributed by atoms with van der Waals surface area (Å²) in [6, 6.07) is 3.43. The van der Waals surface area contributed by atoms with Gasteiger partial charge in [0.25, 0.3) is 0 Å². The highest BCUT2D eigenvalue weighted by molar-refractivity contribution is 5.35. The fourth-order valence-electron chi connectivity index (χ4n) is 1.29. The molecule has 0 saturated carbocycles. The van der Waals surface area contributed by atoms with Crippen LogP contribution in [0.1, 0.15) is 18.6 Å². The van der Waals surface area contributed by atoms with Gasteiger partial charge in [0.1, 0.15) is 18.2 Å².